The second-order valence-electron chi connectivity index (χ2n) is 9.91. The number of allylic oxidation sites excluding steroid dienone is 1. The molecule has 0 aromatic carbocycles. The van der Waals surface area contributed by atoms with Crippen LogP contribution in [0.4, 0.5) is 0 Å². The molecule has 1 N–H and O–H groups in total. The fourth-order valence-corrected chi connectivity index (χ4v) is 7.58. The quantitative estimate of drug-likeness (QED) is 0.779. The summed E-state index contributed by atoms with van der Waals surface area (Å²) in [5.41, 5.74) is 0.107. The van der Waals surface area contributed by atoms with E-state index in [-0.39, 0.29) is 16.6 Å². The zero-order chi connectivity index (χ0) is 18.2. The molecule has 3 saturated carbocycles. The lowest BCUT2D eigenvalue weighted by Crippen LogP contribution is -2.57. The molecule has 0 spiro atoms. The highest BCUT2D eigenvalue weighted by Gasteiger charge is 2.66. The predicted octanol–water partition coefficient (Wildman–Crippen LogP) is 4.08. The molecular formula is C22H32O3. The molecule has 3 nitrogen and oxygen atoms in total. The van der Waals surface area contributed by atoms with Crippen molar-refractivity contribution in [1.29, 1.82) is 0 Å². The van der Waals surface area contributed by atoms with E-state index in [2.05, 4.69) is 20.8 Å². The first-order valence-corrected chi connectivity index (χ1v) is 10.1. The Morgan fingerprint density at radius 3 is 2.52 bits per heavy atom. The van der Waals surface area contributed by atoms with Crippen LogP contribution in [0.5, 0.6) is 0 Å². The molecule has 0 bridgehead atoms. The van der Waals surface area contributed by atoms with E-state index < -0.39 is 5.60 Å². The standard InChI is InChI=1S/C22H32O3/c1-13-11-16-17(20(3)8-5-15(24)12-19(13)20)6-9-21(4)18(16)7-10-22(21,25)14(2)23/h12-13,16-18,25H,5-11H2,1-4H3/t13-,16-,17+,18+,20-,21+,22+/m1/s1. The fourth-order valence-electron chi connectivity index (χ4n) is 7.58. The molecule has 0 amide bonds. The Morgan fingerprint density at radius 1 is 1.16 bits per heavy atom. The summed E-state index contributed by atoms with van der Waals surface area (Å²) in [5.74, 6) is 2.27. The van der Waals surface area contributed by atoms with E-state index in [1.807, 2.05) is 6.08 Å². The molecule has 0 saturated heterocycles. The topological polar surface area (TPSA) is 54.4 Å². The fraction of sp³-hybridized carbons (Fsp3) is 0.818. The third-order valence-electron chi connectivity index (χ3n) is 9.01. The van der Waals surface area contributed by atoms with Gasteiger partial charge in [-0.1, -0.05) is 26.3 Å². The van der Waals surface area contributed by atoms with Gasteiger partial charge >= 0.3 is 0 Å². The van der Waals surface area contributed by atoms with Crippen LogP contribution in [0.1, 0.15) is 72.6 Å². The molecule has 3 fully saturated rings. The Balaban J connectivity index is 1.73. The predicted molar refractivity (Wildman–Crippen MR) is 96.9 cm³/mol. The van der Waals surface area contributed by atoms with Gasteiger partial charge in [-0.05, 0) is 80.6 Å². The van der Waals surface area contributed by atoms with Crippen LogP contribution >= 0.6 is 0 Å². The number of rotatable bonds is 1. The van der Waals surface area contributed by atoms with Crippen molar-refractivity contribution in [3.8, 4) is 0 Å². The molecule has 0 radical (unpaired) electrons. The van der Waals surface area contributed by atoms with Crippen LogP contribution < -0.4 is 0 Å². The average Bonchev–Trinajstić information content (AvgIpc) is 2.83. The minimum Gasteiger partial charge on any atom is -0.382 e. The summed E-state index contributed by atoms with van der Waals surface area (Å²) >= 11 is 0. The van der Waals surface area contributed by atoms with Gasteiger partial charge in [0.25, 0.3) is 0 Å². The number of carbonyl (C=O) groups excluding carboxylic acids is 2. The van der Waals surface area contributed by atoms with Gasteiger partial charge in [0, 0.05) is 11.8 Å². The van der Waals surface area contributed by atoms with Gasteiger partial charge in [-0.3, -0.25) is 9.59 Å². The van der Waals surface area contributed by atoms with Gasteiger partial charge in [0.05, 0.1) is 0 Å². The van der Waals surface area contributed by atoms with Gasteiger partial charge in [-0.25, -0.2) is 0 Å². The number of aliphatic hydroxyl groups is 1. The zero-order valence-corrected chi connectivity index (χ0v) is 16.1. The summed E-state index contributed by atoms with van der Waals surface area (Å²) in [4.78, 5) is 24.3. The summed E-state index contributed by atoms with van der Waals surface area (Å²) < 4.78 is 0. The molecule has 0 heterocycles. The first-order chi connectivity index (χ1) is 11.6. The van der Waals surface area contributed by atoms with Gasteiger partial charge in [-0.2, -0.15) is 0 Å². The number of Topliss-reactive ketones (excluding diaryl/α,β-unsaturated/α-hetero) is 1. The van der Waals surface area contributed by atoms with Crippen molar-refractivity contribution in [2.75, 3.05) is 0 Å². The van der Waals surface area contributed by atoms with Crippen LogP contribution in [-0.4, -0.2) is 22.3 Å². The van der Waals surface area contributed by atoms with E-state index in [9.17, 15) is 14.7 Å². The number of carbonyl (C=O) groups is 2. The zero-order valence-electron chi connectivity index (χ0n) is 16.1. The second-order valence-corrected chi connectivity index (χ2v) is 9.91. The first-order valence-electron chi connectivity index (χ1n) is 10.1. The van der Waals surface area contributed by atoms with Gasteiger partial charge in [0.15, 0.2) is 11.6 Å². The summed E-state index contributed by atoms with van der Waals surface area (Å²) in [6, 6.07) is 0. The van der Waals surface area contributed by atoms with Gasteiger partial charge in [0.1, 0.15) is 5.60 Å². The summed E-state index contributed by atoms with van der Waals surface area (Å²) in [7, 11) is 0. The number of hydrogen-bond donors (Lipinski definition) is 1. The second kappa shape index (κ2) is 5.28. The minimum atomic E-state index is -1.13. The number of fused-ring (bicyclic) bond motifs is 5. The van der Waals surface area contributed by atoms with E-state index >= 15 is 0 Å². The maximum atomic E-state index is 12.3. The molecule has 25 heavy (non-hydrogen) atoms. The molecule has 0 aliphatic heterocycles. The monoisotopic (exact) mass is 344 g/mol. The molecule has 4 aliphatic rings. The van der Waals surface area contributed by atoms with Crippen molar-refractivity contribution in [3.05, 3.63) is 11.6 Å². The summed E-state index contributed by atoms with van der Waals surface area (Å²) in [5, 5.41) is 11.2. The first kappa shape index (κ1) is 17.5. The van der Waals surface area contributed by atoms with Gasteiger partial charge in [-0.15, -0.1) is 0 Å². The van der Waals surface area contributed by atoms with Gasteiger partial charge < -0.3 is 5.11 Å². The maximum Gasteiger partial charge on any atom is 0.161 e. The summed E-state index contributed by atoms with van der Waals surface area (Å²) in [6.07, 6.45) is 8.31. The van der Waals surface area contributed by atoms with Crippen LogP contribution in [-0.2, 0) is 9.59 Å². The summed E-state index contributed by atoms with van der Waals surface area (Å²) in [6.45, 7) is 8.40. The lowest BCUT2D eigenvalue weighted by Gasteiger charge is -2.60. The molecule has 0 aromatic heterocycles. The van der Waals surface area contributed by atoms with E-state index in [0.29, 0.717) is 42.3 Å². The average molecular weight is 344 g/mol. The molecule has 4 aliphatic carbocycles. The van der Waals surface area contributed by atoms with E-state index in [0.717, 1.165) is 32.1 Å². The number of hydrogen-bond acceptors (Lipinski definition) is 3. The maximum absolute atomic E-state index is 12.3. The molecule has 138 valence electrons. The van der Waals surface area contributed by atoms with E-state index in [1.165, 1.54) is 5.57 Å². The lowest BCUT2D eigenvalue weighted by molar-refractivity contribution is -0.161. The Labute approximate surface area is 151 Å². The highest BCUT2D eigenvalue weighted by Crippen LogP contribution is 2.68. The Kier molecular flexibility index (Phi) is 3.69. The van der Waals surface area contributed by atoms with Crippen molar-refractivity contribution >= 4 is 11.6 Å². The van der Waals surface area contributed by atoms with Crippen molar-refractivity contribution in [3.63, 3.8) is 0 Å². The van der Waals surface area contributed by atoms with Crippen LogP contribution in [0.25, 0.3) is 0 Å². The van der Waals surface area contributed by atoms with Gasteiger partial charge in [0.2, 0.25) is 0 Å². The number of ketones is 2. The van der Waals surface area contributed by atoms with Crippen molar-refractivity contribution in [1.82, 2.24) is 0 Å². The van der Waals surface area contributed by atoms with E-state index in [1.54, 1.807) is 6.92 Å². The van der Waals surface area contributed by atoms with Crippen LogP contribution in [0.3, 0.4) is 0 Å². The van der Waals surface area contributed by atoms with E-state index in [4.69, 9.17) is 0 Å². The van der Waals surface area contributed by atoms with Crippen LogP contribution in [0, 0.1) is 34.5 Å². The minimum absolute atomic E-state index is 0.0464. The molecule has 0 aromatic rings. The lowest BCUT2D eigenvalue weighted by atomic mass is 9.45. The van der Waals surface area contributed by atoms with Crippen molar-refractivity contribution in [2.24, 2.45) is 34.5 Å². The SMILES string of the molecule is CC(=O)[C@@]1(O)CC[C@H]2[C@@H]3C[C@@H](C)C4=CC(=O)CC[C@]4(C)[C@H]3CC[C@@]21C. The largest absolute Gasteiger partial charge is 0.382 e. The normalized spacial score (nSPS) is 52.0. The molecule has 3 heteroatoms. The Bertz CT molecular complexity index is 664. The van der Waals surface area contributed by atoms with Crippen molar-refractivity contribution in [2.45, 2.75) is 78.2 Å². The van der Waals surface area contributed by atoms with Crippen molar-refractivity contribution < 1.29 is 14.7 Å². The highest BCUT2D eigenvalue weighted by molar-refractivity contribution is 5.91. The molecule has 0 unspecified atom stereocenters. The Hall–Kier alpha value is -0.960. The highest BCUT2D eigenvalue weighted by atomic mass is 16.3. The molecular weight excluding hydrogens is 312 g/mol. The smallest absolute Gasteiger partial charge is 0.161 e. The molecule has 7 atom stereocenters. The molecule has 4 rings (SSSR count). The van der Waals surface area contributed by atoms with Crippen LogP contribution in [0.15, 0.2) is 11.6 Å². The Morgan fingerprint density at radius 2 is 1.84 bits per heavy atom. The third-order valence-corrected chi connectivity index (χ3v) is 9.01. The third kappa shape index (κ3) is 2.08. The van der Waals surface area contributed by atoms with Crippen LogP contribution in [0.2, 0.25) is 0 Å².